The van der Waals surface area contributed by atoms with E-state index in [-0.39, 0.29) is 18.6 Å². The highest BCUT2D eigenvalue weighted by atomic mass is 16.4. The molecule has 0 aliphatic carbocycles. The number of hydrogen-bond donors (Lipinski definition) is 2. The van der Waals surface area contributed by atoms with Crippen molar-refractivity contribution in [3.63, 3.8) is 0 Å². The minimum Gasteiger partial charge on any atom is -0.481 e. The molecule has 0 saturated carbocycles. The summed E-state index contributed by atoms with van der Waals surface area (Å²) >= 11 is 0. The van der Waals surface area contributed by atoms with E-state index in [0.717, 1.165) is 12.8 Å². The van der Waals surface area contributed by atoms with Crippen LogP contribution < -0.4 is 0 Å². The Balaban J connectivity index is 1.98. The molecule has 1 unspecified atom stereocenters. The third kappa shape index (κ3) is 3.00. The van der Waals surface area contributed by atoms with Gasteiger partial charge in [0.2, 0.25) is 0 Å². The molecule has 2 aliphatic heterocycles. The first-order valence-corrected chi connectivity index (χ1v) is 7.79. The molecule has 2 fully saturated rings. The van der Waals surface area contributed by atoms with Crippen molar-refractivity contribution in [3.05, 3.63) is 0 Å². The number of aliphatic hydroxyl groups is 1. The molecule has 0 aromatic carbocycles. The van der Waals surface area contributed by atoms with Crippen LogP contribution >= 0.6 is 0 Å². The topological polar surface area (TPSA) is 81.1 Å². The molecule has 0 radical (unpaired) electrons. The van der Waals surface area contributed by atoms with Crippen molar-refractivity contribution in [1.82, 2.24) is 9.80 Å². The summed E-state index contributed by atoms with van der Waals surface area (Å²) in [5.74, 6) is -0.499. The first kappa shape index (κ1) is 16.1. The smallest absolute Gasteiger partial charge is 0.320 e. The van der Waals surface area contributed by atoms with E-state index in [1.165, 1.54) is 0 Å². The number of piperidine rings is 1. The van der Waals surface area contributed by atoms with E-state index < -0.39 is 11.4 Å². The van der Waals surface area contributed by atoms with Gasteiger partial charge in [-0.2, -0.15) is 0 Å². The van der Waals surface area contributed by atoms with Crippen molar-refractivity contribution in [2.75, 3.05) is 32.8 Å². The fraction of sp³-hybridized carbons (Fsp3) is 0.867. The first-order valence-electron chi connectivity index (χ1n) is 7.79. The van der Waals surface area contributed by atoms with E-state index in [1.54, 1.807) is 9.80 Å². The number of amides is 2. The summed E-state index contributed by atoms with van der Waals surface area (Å²) in [6, 6.07) is -0.0461. The van der Waals surface area contributed by atoms with Gasteiger partial charge in [0.25, 0.3) is 0 Å². The lowest BCUT2D eigenvalue weighted by molar-refractivity contribution is -0.150. The zero-order valence-electron chi connectivity index (χ0n) is 12.9. The zero-order chi connectivity index (χ0) is 15.6. The number of carbonyl (C=O) groups excluding carboxylic acids is 1. The number of aliphatic hydroxyl groups excluding tert-OH is 1. The average Bonchev–Trinajstić information content (AvgIpc) is 2.93. The molecule has 0 aromatic rings. The Morgan fingerprint density at radius 3 is 2.24 bits per heavy atom. The standard InChI is InChI=1S/C15H26N2O4/c1-11(2)15(13(19)20)5-8-17(10-15)14(21)16-6-3-12(9-18)4-7-16/h11-12,18H,3-10H2,1-2H3,(H,19,20). The van der Waals surface area contributed by atoms with Crippen LogP contribution in [0.3, 0.4) is 0 Å². The number of nitrogens with zero attached hydrogens (tertiary/aromatic N) is 2. The van der Waals surface area contributed by atoms with Gasteiger partial charge in [-0.3, -0.25) is 4.79 Å². The number of carboxylic acid groups (broad SMARTS) is 1. The van der Waals surface area contributed by atoms with E-state index in [0.29, 0.717) is 38.5 Å². The average molecular weight is 298 g/mol. The van der Waals surface area contributed by atoms with Crippen LogP contribution in [-0.4, -0.2) is 64.8 Å². The number of likely N-dealkylation sites (tertiary alicyclic amines) is 2. The molecule has 2 heterocycles. The summed E-state index contributed by atoms with van der Waals surface area (Å²) in [5.41, 5.74) is -0.806. The maximum Gasteiger partial charge on any atom is 0.320 e. The van der Waals surface area contributed by atoms with Crippen LogP contribution in [0.1, 0.15) is 33.1 Å². The van der Waals surface area contributed by atoms with Gasteiger partial charge in [-0.25, -0.2) is 4.79 Å². The Bertz CT molecular complexity index is 404. The predicted molar refractivity (Wildman–Crippen MR) is 77.9 cm³/mol. The van der Waals surface area contributed by atoms with Crippen LogP contribution in [0.25, 0.3) is 0 Å². The molecule has 0 aromatic heterocycles. The van der Waals surface area contributed by atoms with Crippen molar-refractivity contribution >= 4 is 12.0 Å². The number of carbonyl (C=O) groups is 2. The van der Waals surface area contributed by atoms with Crippen molar-refractivity contribution < 1.29 is 19.8 Å². The lowest BCUT2D eigenvalue weighted by atomic mass is 9.76. The van der Waals surface area contributed by atoms with E-state index in [2.05, 4.69) is 0 Å². The maximum atomic E-state index is 12.5. The summed E-state index contributed by atoms with van der Waals surface area (Å²) in [7, 11) is 0. The monoisotopic (exact) mass is 298 g/mol. The normalized spacial score (nSPS) is 27.4. The summed E-state index contributed by atoms with van der Waals surface area (Å²) in [5, 5.41) is 18.7. The van der Waals surface area contributed by atoms with Crippen molar-refractivity contribution in [3.8, 4) is 0 Å². The van der Waals surface area contributed by atoms with Gasteiger partial charge in [0.05, 0.1) is 5.41 Å². The number of urea groups is 1. The largest absolute Gasteiger partial charge is 0.481 e. The molecule has 2 N–H and O–H groups in total. The van der Waals surface area contributed by atoms with Gasteiger partial charge in [0.15, 0.2) is 0 Å². The van der Waals surface area contributed by atoms with Gasteiger partial charge in [-0.05, 0) is 31.1 Å². The lowest BCUT2D eigenvalue weighted by Crippen LogP contribution is -2.48. The Morgan fingerprint density at radius 2 is 1.81 bits per heavy atom. The highest BCUT2D eigenvalue weighted by Crippen LogP contribution is 2.38. The number of carboxylic acids is 1. The van der Waals surface area contributed by atoms with Gasteiger partial charge in [0.1, 0.15) is 0 Å². The van der Waals surface area contributed by atoms with E-state index >= 15 is 0 Å². The fourth-order valence-corrected chi connectivity index (χ4v) is 3.40. The Labute approximate surface area is 125 Å². The van der Waals surface area contributed by atoms with Crippen molar-refractivity contribution in [1.29, 1.82) is 0 Å². The van der Waals surface area contributed by atoms with Gasteiger partial charge in [-0.15, -0.1) is 0 Å². The Morgan fingerprint density at radius 1 is 1.19 bits per heavy atom. The molecule has 2 saturated heterocycles. The molecular formula is C15H26N2O4. The molecule has 0 spiro atoms. The molecule has 2 aliphatic rings. The van der Waals surface area contributed by atoms with Crippen LogP contribution in [0.4, 0.5) is 4.79 Å². The van der Waals surface area contributed by atoms with Crippen molar-refractivity contribution in [2.24, 2.45) is 17.3 Å². The van der Waals surface area contributed by atoms with E-state index in [1.807, 2.05) is 13.8 Å². The van der Waals surface area contributed by atoms with Gasteiger partial charge in [0, 0.05) is 32.8 Å². The summed E-state index contributed by atoms with van der Waals surface area (Å²) in [6.07, 6.45) is 2.17. The molecule has 120 valence electrons. The molecule has 0 bridgehead atoms. The quantitative estimate of drug-likeness (QED) is 0.821. The zero-order valence-corrected chi connectivity index (χ0v) is 12.9. The third-order valence-electron chi connectivity index (χ3n) is 5.25. The maximum absolute atomic E-state index is 12.5. The summed E-state index contributed by atoms with van der Waals surface area (Å²) < 4.78 is 0. The minimum atomic E-state index is -0.806. The number of hydrogen-bond acceptors (Lipinski definition) is 3. The second-order valence-electron chi connectivity index (χ2n) is 6.68. The van der Waals surface area contributed by atoms with Gasteiger partial charge < -0.3 is 20.0 Å². The van der Waals surface area contributed by atoms with Crippen LogP contribution in [0.5, 0.6) is 0 Å². The third-order valence-corrected chi connectivity index (χ3v) is 5.25. The predicted octanol–water partition coefficient (Wildman–Crippen LogP) is 1.24. The molecule has 2 amide bonds. The number of aliphatic carboxylic acids is 1. The molecular weight excluding hydrogens is 272 g/mol. The highest BCUT2D eigenvalue weighted by molar-refractivity contribution is 5.80. The fourth-order valence-electron chi connectivity index (χ4n) is 3.40. The van der Waals surface area contributed by atoms with Gasteiger partial charge in [-0.1, -0.05) is 13.8 Å². The van der Waals surface area contributed by atoms with Crippen LogP contribution in [0.15, 0.2) is 0 Å². The van der Waals surface area contributed by atoms with E-state index in [9.17, 15) is 14.7 Å². The Hall–Kier alpha value is -1.30. The van der Waals surface area contributed by atoms with Gasteiger partial charge >= 0.3 is 12.0 Å². The molecule has 6 nitrogen and oxygen atoms in total. The minimum absolute atomic E-state index is 0.00734. The van der Waals surface area contributed by atoms with Crippen LogP contribution in [0.2, 0.25) is 0 Å². The molecule has 21 heavy (non-hydrogen) atoms. The molecule has 1 atom stereocenters. The molecule has 2 rings (SSSR count). The first-order chi connectivity index (χ1) is 9.90. The van der Waals surface area contributed by atoms with E-state index in [4.69, 9.17) is 5.11 Å². The summed E-state index contributed by atoms with van der Waals surface area (Å²) in [4.78, 5) is 27.6. The second kappa shape index (κ2) is 6.22. The summed E-state index contributed by atoms with van der Waals surface area (Å²) in [6.45, 7) is 6.14. The second-order valence-corrected chi connectivity index (χ2v) is 6.68. The molecule has 6 heteroatoms. The van der Waals surface area contributed by atoms with Crippen LogP contribution in [0, 0.1) is 17.3 Å². The van der Waals surface area contributed by atoms with Crippen molar-refractivity contribution in [2.45, 2.75) is 33.1 Å². The highest BCUT2D eigenvalue weighted by Gasteiger charge is 2.49. The lowest BCUT2D eigenvalue weighted by Gasteiger charge is -2.35. The number of rotatable bonds is 3. The van der Waals surface area contributed by atoms with Crippen LogP contribution in [-0.2, 0) is 4.79 Å². The Kier molecular flexibility index (Phi) is 4.76. The SMILES string of the molecule is CC(C)C1(C(=O)O)CCN(C(=O)N2CCC(CO)CC2)C1.